The van der Waals surface area contributed by atoms with Gasteiger partial charge in [-0.25, -0.2) is 0 Å². The molecule has 2 bridgehead atoms. The summed E-state index contributed by atoms with van der Waals surface area (Å²) in [6, 6.07) is 0. The molecular formula is C11H19N3. The van der Waals surface area contributed by atoms with Crippen LogP contribution >= 0.6 is 0 Å². The molecule has 4 aliphatic heterocycles. The molecule has 1 fully saturated rings. The number of nitrogens with zero attached hydrogens (tertiary/aromatic N) is 2. The van der Waals surface area contributed by atoms with Crippen LogP contribution in [0.3, 0.4) is 0 Å². The Morgan fingerprint density at radius 1 is 1.29 bits per heavy atom. The van der Waals surface area contributed by atoms with E-state index in [4.69, 9.17) is 0 Å². The Labute approximate surface area is 85.8 Å². The maximum absolute atomic E-state index is 3.47. The predicted octanol–water partition coefficient (Wildman–Crippen LogP) is 1.15. The molecule has 4 rings (SSSR count). The van der Waals surface area contributed by atoms with Crippen LogP contribution in [0.2, 0.25) is 0 Å². The van der Waals surface area contributed by atoms with Gasteiger partial charge in [-0.15, -0.1) is 0 Å². The van der Waals surface area contributed by atoms with Gasteiger partial charge in [0.25, 0.3) is 0 Å². The van der Waals surface area contributed by atoms with Gasteiger partial charge in [-0.2, -0.15) is 0 Å². The van der Waals surface area contributed by atoms with Gasteiger partial charge in [0.2, 0.25) is 0 Å². The van der Waals surface area contributed by atoms with Crippen molar-refractivity contribution in [2.24, 2.45) is 5.92 Å². The standard InChI is InChI=1S/C11H19N3/c1-7(2)11-13-8(3)14(11)10-6-12-5-4-9(10)13/h7-8,11-12H,4-6H2,1-3H3/t8-,11?/m0/s1. The van der Waals surface area contributed by atoms with Crippen LogP contribution in [0.15, 0.2) is 11.4 Å². The van der Waals surface area contributed by atoms with Crippen LogP contribution in [0.5, 0.6) is 0 Å². The Morgan fingerprint density at radius 2 is 2.00 bits per heavy atom. The summed E-state index contributed by atoms with van der Waals surface area (Å²) in [6.45, 7) is 9.20. The fraction of sp³-hybridized carbons (Fsp3) is 0.818. The van der Waals surface area contributed by atoms with E-state index < -0.39 is 0 Å². The van der Waals surface area contributed by atoms with Crippen LogP contribution in [0.1, 0.15) is 27.2 Å². The van der Waals surface area contributed by atoms with Gasteiger partial charge in [-0.3, -0.25) is 0 Å². The number of hydrogen-bond donors (Lipinski definition) is 1. The molecule has 78 valence electrons. The van der Waals surface area contributed by atoms with Gasteiger partial charge in [-0.05, 0) is 12.8 Å². The van der Waals surface area contributed by atoms with Crippen molar-refractivity contribution < 1.29 is 0 Å². The second kappa shape index (κ2) is 2.66. The number of hydrogen-bond acceptors (Lipinski definition) is 3. The molecule has 4 aliphatic rings. The second-order valence-corrected chi connectivity index (χ2v) is 4.92. The summed E-state index contributed by atoms with van der Waals surface area (Å²) in [7, 11) is 0. The van der Waals surface area contributed by atoms with Crippen LogP contribution in [0.25, 0.3) is 0 Å². The van der Waals surface area contributed by atoms with Crippen LogP contribution in [0.4, 0.5) is 0 Å². The molecule has 0 aromatic carbocycles. The van der Waals surface area contributed by atoms with E-state index in [1.165, 1.54) is 6.42 Å². The number of nitrogens with one attached hydrogen (secondary N) is 1. The lowest BCUT2D eigenvalue weighted by molar-refractivity contribution is -0.107. The van der Waals surface area contributed by atoms with E-state index in [-0.39, 0.29) is 0 Å². The zero-order valence-corrected chi connectivity index (χ0v) is 9.25. The normalized spacial score (nSPS) is 35.1. The van der Waals surface area contributed by atoms with Crippen LogP contribution in [-0.2, 0) is 0 Å². The molecule has 1 saturated heterocycles. The summed E-state index contributed by atoms with van der Waals surface area (Å²) in [5, 5.41) is 3.47. The first kappa shape index (κ1) is 8.60. The van der Waals surface area contributed by atoms with Gasteiger partial charge < -0.3 is 15.1 Å². The van der Waals surface area contributed by atoms with E-state index in [9.17, 15) is 0 Å². The second-order valence-electron chi connectivity index (χ2n) is 4.92. The van der Waals surface area contributed by atoms with E-state index >= 15 is 0 Å². The highest BCUT2D eigenvalue weighted by Gasteiger charge is 2.54. The molecule has 0 aliphatic carbocycles. The summed E-state index contributed by atoms with van der Waals surface area (Å²) in [5.41, 5.74) is 3.19. The van der Waals surface area contributed by atoms with Crippen molar-refractivity contribution in [2.75, 3.05) is 13.1 Å². The smallest absolute Gasteiger partial charge is 0.107 e. The Morgan fingerprint density at radius 3 is 2.64 bits per heavy atom. The molecule has 0 spiro atoms. The Bertz CT molecular complexity index is 271. The Kier molecular flexibility index (Phi) is 1.63. The molecule has 1 N–H and O–H groups in total. The van der Waals surface area contributed by atoms with Crippen LogP contribution in [-0.4, -0.2) is 35.2 Å². The molecule has 2 atom stereocenters. The van der Waals surface area contributed by atoms with Crippen molar-refractivity contribution in [1.82, 2.24) is 15.1 Å². The quantitative estimate of drug-likeness (QED) is 0.674. The van der Waals surface area contributed by atoms with Gasteiger partial charge in [0, 0.05) is 25.2 Å². The molecule has 4 heterocycles. The van der Waals surface area contributed by atoms with Crippen LogP contribution < -0.4 is 5.32 Å². The van der Waals surface area contributed by atoms with Crippen molar-refractivity contribution in [1.29, 1.82) is 0 Å². The van der Waals surface area contributed by atoms with Gasteiger partial charge in [0.1, 0.15) is 12.3 Å². The molecule has 3 nitrogen and oxygen atoms in total. The summed E-state index contributed by atoms with van der Waals surface area (Å²) in [5.74, 6) is 0.733. The highest BCUT2D eigenvalue weighted by atomic mass is 15.6. The Balaban J connectivity index is 1.91. The zero-order valence-electron chi connectivity index (χ0n) is 9.25. The van der Waals surface area contributed by atoms with E-state index in [0.29, 0.717) is 12.3 Å². The predicted molar refractivity (Wildman–Crippen MR) is 56.3 cm³/mol. The lowest BCUT2D eigenvalue weighted by Crippen LogP contribution is -2.64. The molecular weight excluding hydrogens is 174 g/mol. The SMILES string of the molecule is CC(C)C1N2C3=C(CNCC3)N1[C@H]2C. The van der Waals surface area contributed by atoms with Crippen molar-refractivity contribution in [3.05, 3.63) is 11.4 Å². The fourth-order valence-corrected chi connectivity index (χ4v) is 3.23. The monoisotopic (exact) mass is 193 g/mol. The Hall–Kier alpha value is -0.700. The average molecular weight is 193 g/mol. The maximum Gasteiger partial charge on any atom is 0.107 e. The third-order valence-corrected chi connectivity index (χ3v) is 3.76. The highest BCUT2D eigenvalue weighted by Crippen LogP contribution is 2.47. The molecule has 0 aromatic heterocycles. The van der Waals surface area contributed by atoms with Gasteiger partial charge in [-0.1, -0.05) is 13.8 Å². The van der Waals surface area contributed by atoms with E-state index in [1.54, 1.807) is 11.4 Å². The zero-order chi connectivity index (χ0) is 9.87. The highest BCUT2D eigenvalue weighted by molar-refractivity contribution is 5.31. The van der Waals surface area contributed by atoms with Gasteiger partial charge in [0.15, 0.2) is 0 Å². The largest absolute Gasteiger partial charge is 0.332 e. The minimum absolute atomic E-state index is 0.632. The van der Waals surface area contributed by atoms with Gasteiger partial charge >= 0.3 is 0 Å². The summed E-state index contributed by atoms with van der Waals surface area (Å²) >= 11 is 0. The van der Waals surface area contributed by atoms with Crippen molar-refractivity contribution in [3.63, 3.8) is 0 Å². The lowest BCUT2D eigenvalue weighted by atomic mass is 10.0. The van der Waals surface area contributed by atoms with Crippen LogP contribution in [0, 0.1) is 5.92 Å². The molecule has 0 radical (unpaired) electrons. The van der Waals surface area contributed by atoms with E-state index in [1.807, 2.05) is 0 Å². The summed E-state index contributed by atoms with van der Waals surface area (Å²) in [4.78, 5) is 5.23. The van der Waals surface area contributed by atoms with Crippen molar-refractivity contribution in [3.8, 4) is 0 Å². The minimum Gasteiger partial charge on any atom is -0.332 e. The fourth-order valence-electron chi connectivity index (χ4n) is 3.23. The topological polar surface area (TPSA) is 18.5 Å². The molecule has 0 amide bonds. The van der Waals surface area contributed by atoms with E-state index in [0.717, 1.165) is 19.0 Å². The first-order chi connectivity index (χ1) is 6.72. The van der Waals surface area contributed by atoms with Crippen molar-refractivity contribution in [2.45, 2.75) is 39.5 Å². The molecule has 0 saturated carbocycles. The number of rotatable bonds is 1. The van der Waals surface area contributed by atoms with Gasteiger partial charge in [0.05, 0.1) is 5.70 Å². The molecule has 0 aromatic rings. The molecule has 3 heteroatoms. The average Bonchev–Trinajstić information content (AvgIpc) is 2.64. The third-order valence-electron chi connectivity index (χ3n) is 3.76. The van der Waals surface area contributed by atoms with Crippen molar-refractivity contribution >= 4 is 0 Å². The van der Waals surface area contributed by atoms with E-state index in [2.05, 4.69) is 35.9 Å². The first-order valence-electron chi connectivity index (χ1n) is 5.71. The molecule has 14 heavy (non-hydrogen) atoms. The minimum atomic E-state index is 0.632. The third kappa shape index (κ3) is 0.817. The maximum atomic E-state index is 3.47. The summed E-state index contributed by atoms with van der Waals surface area (Å²) < 4.78 is 0. The molecule has 1 unspecified atom stereocenters. The first-order valence-corrected chi connectivity index (χ1v) is 5.71. The summed E-state index contributed by atoms with van der Waals surface area (Å²) in [6.07, 6.45) is 2.52. The lowest BCUT2D eigenvalue weighted by Gasteiger charge is -2.54.